The molecule has 0 saturated carbocycles. The van der Waals surface area contributed by atoms with Crippen molar-refractivity contribution < 1.29 is 0 Å². The van der Waals surface area contributed by atoms with Gasteiger partial charge in [-0.3, -0.25) is 4.98 Å². The molecule has 0 amide bonds. The minimum Gasteiger partial charge on any atom is -0.344 e. The third kappa shape index (κ3) is 6.04. The van der Waals surface area contributed by atoms with E-state index in [1.807, 2.05) is 30.4 Å². The summed E-state index contributed by atoms with van der Waals surface area (Å²) >= 11 is 7.06. The van der Waals surface area contributed by atoms with Crippen molar-refractivity contribution in [2.45, 2.75) is 65.7 Å². The maximum absolute atomic E-state index is 7.06. The highest BCUT2D eigenvalue weighted by atomic mass is 35.5. The third-order valence-corrected chi connectivity index (χ3v) is 9.26. The number of fused-ring (bicyclic) bond motifs is 2. The lowest BCUT2D eigenvalue weighted by atomic mass is 9.83. The highest BCUT2D eigenvalue weighted by Crippen LogP contribution is 2.48. The number of halogens is 1. The summed E-state index contributed by atoms with van der Waals surface area (Å²) in [5.41, 5.74) is 8.08. The summed E-state index contributed by atoms with van der Waals surface area (Å²) in [6, 6.07) is 22.9. The zero-order valence-electron chi connectivity index (χ0n) is 26.8. The number of hydrogen-bond acceptors (Lipinski definition) is 5. The fraction of sp³-hybridized carbons (Fsp3) is 0.316. The number of unbranched alkanes of at least 4 members (excludes halogenated alkanes) is 1. The van der Waals surface area contributed by atoms with Crippen LogP contribution < -0.4 is 10.1 Å². The summed E-state index contributed by atoms with van der Waals surface area (Å²) in [4.78, 5) is 7.01. The van der Waals surface area contributed by atoms with Crippen LogP contribution in [0.5, 0.6) is 0 Å². The lowest BCUT2D eigenvalue weighted by Crippen LogP contribution is -2.30. The number of hydrogen-bond donors (Lipinski definition) is 0. The van der Waals surface area contributed by atoms with Crippen molar-refractivity contribution in [2.75, 3.05) is 11.4 Å². The fourth-order valence-corrected chi connectivity index (χ4v) is 6.54. The van der Waals surface area contributed by atoms with Gasteiger partial charge in [-0.05, 0) is 61.3 Å². The van der Waals surface area contributed by atoms with Crippen molar-refractivity contribution in [3.05, 3.63) is 112 Å². The molecule has 0 N–H and O–H groups in total. The van der Waals surface area contributed by atoms with Crippen molar-refractivity contribution in [1.82, 2.24) is 24.8 Å². The van der Waals surface area contributed by atoms with Gasteiger partial charge in [-0.25, -0.2) is 0 Å². The molecule has 1 aliphatic heterocycles. The predicted octanol–water partition coefficient (Wildman–Crippen LogP) is 8.68. The maximum Gasteiger partial charge on any atom is 0.203 e. The van der Waals surface area contributed by atoms with E-state index < -0.39 is 0 Å². The standard InChI is InChI=1S/C38H41ClN6/c1-6-8-13-27(7-2)25-44-33-16-10-9-14-31(33)38(4,5)34(44)22-21-29(39)24-30-35(28-19-17-26(3)18-20-28)43-45-36(30)41-42-37(45)32-15-11-12-23-40-32/h9-12,14-24,27H,6-8,13,25H2,1-5H3. The summed E-state index contributed by atoms with van der Waals surface area (Å²) in [6.07, 6.45) is 12.8. The van der Waals surface area contributed by atoms with Crippen molar-refractivity contribution in [2.24, 2.45) is 5.92 Å². The first kappa shape index (κ1) is 30.7. The number of benzene rings is 2. The molecule has 4 heterocycles. The average Bonchev–Trinajstić information content (AvgIpc) is 3.68. The Morgan fingerprint density at radius 2 is 1.76 bits per heavy atom. The first-order valence-electron chi connectivity index (χ1n) is 16.0. The zero-order valence-corrected chi connectivity index (χ0v) is 27.6. The number of rotatable bonds is 10. The van der Waals surface area contributed by atoms with Gasteiger partial charge in [0, 0.05) is 40.1 Å². The lowest BCUT2D eigenvalue weighted by molar-refractivity contribution is 0.450. The lowest BCUT2D eigenvalue weighted by Gasteiger charge is -2.30. The van der Waals surface area contributed by atoms with Crippen LogP contribution >= 0.6 is 11.6 Å². The molecule has 0 saturated heterocycles. The van der Waals surface area contributed by atoms with Gasteiger partial charge in [0.25, 0.3) is 0 Å². The molecule has 45 heavy (non-hydrogen) atoms. The van der Waals surface area contributed by atoms with Crippen molar-refractivity contribution >= 4 is 29.0 Å². The quantitative estimate of drug-likeness (QED) is 0.157. The summed E-state index contributed by atoms with van der Waals surface area (Å²) in [6.45, 7) is 12.3. The van der Waals surface area contributed by atoms with E-state index in [0.29, 0.717) is 28.1 Å². The van der Waals surface area contributed by atoms with Crippen LogP contribution in [0.2, 0.25) is 0 Å². The second-order valence-corrected chi connectivity index (χ2v) is 13.0. The topological polar surface area (TPSA) is 59.2 Å². The van der Waals surface area contributed by atoms with Gasteiger partial charge in [-0.15, -0.1) is 10.2 Å². The van der Waals surface area contributed by atoms with Gasteiger partial charge in [0.15, 0.2) is 5.65 Å². The highest BCUT2D eigenvalue weighted by molar-refractivity contribution is 6.34. The van der Waals surface area contributed by atoms with Gasteiger partial charge in [0.1, 0.15) is 11.4 Å². The largest absolute Gasteiger partial charge is 0.344 e. The van der Waals surface area contributed by atoms with Crippen molar-refractivity contribution in [3.63, 3.8) is 0 Å². The van der Waals surface area contributed by atoms with Gasteiger partial charge < -0.3 is 4.90 Å². The monoisotopic (exact) mass is 616 g/mol. The number of nitrogens with zero attached hydrogens (tertiary/aromatic N) is 6. The van der Waals surface area contributed by atoms with Gasteiger partial charge in [-0.1, -0.05) is 113 Å². The molecular weight excluding hydrogens is 576 g/mol. The Labute approximate surface area is 271 Å². The third-order valence-electron chi connectivity index (χ3n) is 9.02. The van der Waals surface area contributed by atoms with Crippen molar-refractivity contribution in [3.8, 4) is 22.8 Å². The van der Waals surface area contributed by atoms with E-state index in [-0.39, 0.29) is 5.41 Å². The Bertz CT molecular complexity index is 1900. The van der Waals surface area contributed by atoms with E-state index in [9.17, 15) is 0 Å². The van der Waals surface area contributed by atoms with Crippen LogP contribution in [0.25, 0.3) is 34.5 Å². The van der Waals surface area contributed by atoms with Gasteiger partial charge in [0.2, 0.25) is 5.82 Å². The highest BCUT2D eigenvalue weighted by Gasteiger charge is 2.40. The Morgan fingerprint density at radius 1 is 0.978 bits per heavy atom. The molecule has 1 unspecified atom stereocenters. The van der Waals surface area contributed by atoms with Crippen LogP contribution in [0, 0.1) is 12.8 Å². The van der Waals surface area contributed by atoms with Crippen molar-refractivity contribution in [1.29, 1.82) is 0 Å². The molecule has 0 spiro atoms. The Hall–Kier alpha value is -4.29. The average molecular weight is 617 g/mol. The Morgan fingerprint density at radius 3 is 2.49 bits per heavy atom. The Kier molecular flexibility index (Phi) is 8.86. The molecule has 7 heteroatoms. The molecular formula is C38H41ClN6. The number of aromatic nitrogens is 5. The molecule has 5 aromatic rings. The van der Waals surface area contributed by atoms with E-state index in [0.717, 1.165) is 29.4 Å². The predicted molar refractivity (Wildman–Crippen MR) is 186 cm³/mol. The maximum atomic E-state index is 7.06. The molecule has 230 valence electrons. The van der Waals surface area contributed by atoms with Crippen LogP contribution in [0.3, 0.4) is 0 Å². The minimum atomic E-state index is -0.153. The van der Waals surface area contributed by atoms with E-state index >= 15 is 0 Å². The summed E-state index contributed by atoms with van der Waals surface area (Å²) in [7, 11) is 0. The number of para-hydroxylation sites is 1. The van der Waals surface area contributed by atoms with Crippen LogP contribution in [-0.4, -0.2) is 31.3 Å². The van der Waals surface area contributed by atoms with Gasteiger partial charge in [0.05, 0.1) is 5.22 Å². The fourth-order valence-electron chi connectivity index (χ4n) is 6.37. The summed E-state index contributed by atoms with van der Waals surface area (Å²) in [5, 5.41) is 15.4. The molecule has 3 aromatic heterocycles. The molecule has 0 bridgehead atoms. The molecule has 1 aliphatic rings. The molecule has 6 nitrogen and oxygen atoms in total. The first-order valence-corrected chi connectivity index (χ1v) is 16.4. The van der Waals surface area contributed by atoms with Gasteiger partial charge in [-0.2, -0.15) is 9.61 Å². The van der Waals surface area contributed by atoms with Crippen LogP contribution in [0.15, 0.2) is 95.8 Å². The Balaban J connectivity index is 1.45. The zero-order chi connectivity index (χ0) is 31.6. The van der Waals surface area contributed by atoms with E-state index in [2.05, 4.69) is 109 Å². The summed E-state index contributed by atoms with van der Waals surface area (Å²) < 4.78 is 1.77. The van der Waals surface area contributed by atoms with Crippen LogP contribution in [0.4, 0.5) is 5.69 Å². The van der Waals surface area contributed by atoms with E-state index in [1.165, 1.54) is 41.8 Å². The number of aryl methyl sites for hydroxylation is 1. The second kappa shape index (κ2) is 13.0. The van der Waals surface area contributed by atoms with Gasteiger partial charge >= 0.3 is 0 Å². The smallest absolute Gasteiger partial charge is 0.203 e. The SMILES string of the molecule is CCCCC(CC)CN1C(=CC=C(Cl)C=c2c(-c3ccc(C)cc3)nn3c(-c4ccccn4)nnc23)C(C)(C)c2ccccc21. The van der Waals surface area contributed by atoms with Crippen LogP contribution in [0.1, 0.15) is 64.5 Å². The minimum absolute atomic E-state index is 0.153. The molecule has 2 aromatic carbocycles. The first-order chi connectivity index (χ1) is 21.8. The molecule has 6 rings (SSSR count). The molecule has 0 fully saturated rings. The van der Waals surface area contributed by atoms with E-state index in [1.54, 1.807) is 10.7 Å². The molecule has 0 aliphatic carbocycles. The number of anilines is 1. The normalized spacial score (nSPS) is 16.6. The number of allylic oxidation sites excluding steroid dienone is 4. The summed E-state index contributed by atoms with van der Waals surface area (Å²) in [5.74, 6) is 1.22. The van der Waals surface area contributed by atoms with E-state index in [4.69, 9.17) is 16.7 Å². The molecule has 1 atom stereocenters. The number of pyridine rings is 1. The van der Waals surface area contributed by atoms with Crippen LogP contribution in [-0.2, 0) is 5.41 Å². The second-order valence-electron chi connectivity index (χ2n) is 12.5. The molecule has 0 radical (unpaired) electrons.